The van der Waals surface area contributed by atoms with E-state index in [9.17, 15) is 15.0 Å². The predicted octanol–water partition coefficient (Wildman–Crippen LogP) is -2.19. The SMILES string of the molecule is Cc1nc([C@@H]2O[C@H](CO)[C@@H](O)[C@H]2O)c(N)[nH]c1=O. The second-order valence-electron chi connectivity index (χ2n) is 4.21. The van der Waals surface area contributed by atoms with Gasteiger partial charge in [0.25, 0.3) is 5.56 Å². The van der Waals surface area contributed by atoms with E-state index in [0.29, 0.717) is 0 Å². The maximum Gasteiger partial charge on any atom is 0.270 e. The van der Waals surface area contributed by atoms with Gasteiger partial charge in [0.2, 0.25) is 0 Å². The maximum absolute atomic E-state index is 11.3. The quantitative estimate of drug-likeness (QED) is 0.405. The lowest BCUT2D eigenvalue weighted by Crippen LogP contribution is -2.32. The van der Waals surface area contributed by atoms with E-state index in [1.165, 1.54) is 6.92 Å². The van der Waals surface area contributed by atoms with Crippen molar-refractivity contribution in [3.63, 3.8) is 0 Å². The topological polar surface area (TPSA) is 142 Å². The van der Waals surface area contributed by atoms with E-state index in [0.717, 1.165) is 0 Å². The monoisotopic (exact) mass is 257 g/mol. The summed E-state index contributed by atoms with van der Waals surface area (Å²) in [7, 11) is 0. The fourth-order valence-electron chi connectivity index (χ4n) is 1.91. The van der Waals surface area contributed by atoms with Crippen LogP contribution >= 0.6 is 0 Å². The molecule has 1 saturated heterocycles. The van der Waals surface area contributed by atoms with Crippen LogP contribution < -0.4 is 11.3 Å². The number of nitrogens with zero attached hydrogens (tertiary/aromatic N) is 1. The molecule has 0 aliphatic carbocycles. The minimum atomic E-state index is -1.26. The Morgan fingerprint density at radius 3 is 2.67 bits per heavy atom. The number of nitrogen functional groups attached to an aromatic ring is 1. The number of ether oxygens (including phenoxy) is 1. The number of H-pyrrole nitrogens is 1. The van der Waals surface area contributed by atoms with Gasteiger partial charge in [0.05, 0.1) is 6.61 Å². The largest absolute Gasteiger partial charge is 0.394 e. The van der Waals surface area contributed by atoms with Crippen molar-refractivity contribution in [1.82, 2.24) is 9.97 Å². The zero-order chi connectivity index (χ0) is 13.4. The Morgan fingerprint density at radius 1 is 1.44 bits per heavy atom. The molecule has 100 valence electrons. The average molecular weight is 257 g/mol. The molecular weight excluding hydrogens is 242 g/mol. The van der Waals surface area contributed by atoms with Crippen molar-refractivity contribution in [2.45, 2.75) is 31.3 Å². The van der Waals surface area contributed by atoms with Crippen molar-refractivity contribution in [1.29, 1.82) is 0 Å². The van der Waals surface area contributed by atoms with Gasteiger partial charge in [-0.15, -0.1) is 0 Å². The van der Waals surface area contributed by atoms with Gasteiger partial charge in [0, 0.05) is 0 Å². The first kappa shape index (κ1) is 13.0. The van der Waals surface area contributed by atoms with Gasteiger partial charge in [-0.1, -0.05) is 0 Å². The zero-order valence-electron chi connectivity index (χ0n) is 9.70. The standard InChI is InChI=1S/C10H15N3O5/c1-3-10(17)13-9(11)5(12-3)8-7(16)6(15)4(2-14)18-8/h4,6-8,14-16H,2H2,1H3,(H3,11,13,17)/t4-,6-,7-,8+/m1/s1. The second-order valence-corrected chi connectivity index (χ2v) is 4.21. The molecule has 2 heterocycles. The van der Waals surface area contributed by atoms with Gasteiger partial charge < -0.3 is 30.8 Å². The van der Waals surface area contributed by atoms with Crippen LogP contribution in [0.1, 0.15) is 17.5 Å². The van der Waals surface area contributed by atoms with Crippen molar-refractivity contribution in [3.05, 3.63) is 21.7 Å². The van der Waals surface area contributed by atoms with Crippen molar-refractivity contribution < 1.29 is 20.1 Å². The van der Waals surface area contributed by atoms with Crippen LogP contribution in [0, 0.1) is 6.92 Å². The Bertz CT molecular complexity index is 503. The van der Waals surface area contributed by atoms with Crippen molar-refractivity contribution in [2.24, 2.45) is 0 Å². The average Bonchev–Trinajstić information content (AvgIpc) is 2.61. The summed E-state index contributed by atoms with van der Waals surface area (Å²) in [6, 6.07) is 0. The summed E-state index contributed by atoms with van der Waals surface area (Å²) in [5, 5.41) is 28.4. The maximum atomic E-state index is 11.3. The van der Waals surface area contributed by atoms with Crippen molar-refractivity contribution in [2.75, 3.05) is 12.3 Å². The van der Waals surface area contributed by atoms with E-state index in [-0.39, 0.29) is 17.2 Å². The minimum Gasteiger partial charge on any atom is -0.394 e. The summed E-state index contributed by atoms with van der Waals surface area (Å²) in [5.41, 5.74) is 5.51. The number of rotatable bonds is 2. The Morgan fingerprint density at radius 2 is 2.11 bits per heavy atom. The first-order valence-corrected chi connectivity index (χ1v) is 5.44. The van der Waals surface area contributed by atoms with Gasteiger partial charge >= 0.3 is 0 Å². The van der Waals surface area contributed by atoms with Crippen LogP contribution in [0.25, 0.3) is 0 Å². The summed E-state index contributed by atoms with van der Waals surface area (Å²) in [6.45, 7) is 1.06. The number of nitrogens with one attached hydrogen (secondary N) is 1. The molecule has 1 aliphatic heterocycles. The number of aliphatic hydroxyl groups is 3. The molecule has 8 nitrogen and oxygen atoms in total. The van der Waals surface area contributed by atoms with E-state index >= 15 is 0 Å². The Labute approximate surface area is 102 Å². The highest BCUT2D eigenvalue weighted by Gasteiger charge is 2.44. The summed E-state index contributed by atoms with van der Waals surface area (Å²) in [6.07, 6.45) is -4.37. The highest BCUT2D eigenvalue weighted by Crippen LogP contribution is 2.34. The summed E-state index contributed by atoms with van der Waals surface area (Å²) in [4.78, 5) is 17.6. The number of nitrogens with two attached hydrogens (primary N) is 1. The van der Waals surface area contributed by atoms with E-state index in [1.54, 1.807) is 0 Å². The number of aromatic amines is 1. The highest BCUT2D eigenvalue weighted by atomic mass is 16.6. The lowest BCUT2D eigenvalue weighted by molar-refractivity contribution is -0.0238. The molecule has 8 heteroatoms. The number of aliphatic hydroxyl groups excluding tert-OH is 3. The van der Waals surface area contributed by atoms with E-state index < -0.39 is 36.6 Å². The molecule has 0 spiro atoms. The Balaban J connectivity index is 2.38. The summed E-state index contributed by atoms with van der Waals surface area (Å²) in [5.74, 6) is -0.0274. The molecule has 1 aromatic rings. The number of hydrogen-bond acceptors (Lipinski definition) is 7. The van der Waals surface area contributed by atoms with Gasteiger partial charge in [0.15, 0.2) is 0 Å². The molecule has 6 N–H and O–H groups in total. The van der Waals surface area contributed by atoms with Gasteiger partial charge in [0.1, 0.15) is 41.6 Å². The third-order valence-corrected chi connectivity index (χ3v) is 2.95. The third-order valence-electron chi connectivity index (χ3n) is 2.95. The second kappa shape index (κ2) is 4.65. The molecule has 1 aromatic heterocycles. The van der Waals surface area contributed by atoms with Crippen LogP contribution in [0.4, 0.5) is 5.82 Å². The predicted molar refractivity (Wildman–Crippen MR) is 60.7 cm³/mol. The van der Waals surface area contributed by atoms with Crippen LogP contribution in [0.5, 0.6) is 0 Å². The number of anilines is 1. The number of hydrogen-bond donors (Lipinski definition) is 5. The lowest BCUT2D eigenvalue weighted by Gasteiger charge is -2.15. The van der Waals surface area contributed by atoms with E-state index in [1.807, 2.05) is 0 Å². The molecule has 4 atom stereocenters. The van der Waals surface area contributed by atoms with Gasteiger partial charge in [-0.25, -0.2) is 4.98 Å². The minimum absolute atomic E-state index is 0.0274. The number of aryl methyl sites for hydroxylation is 1. The van der Waals surface area contributed by atoms with Gasteiger partial charge in [-0.05, 0) is 6.92 Å². The molecule has 2 rings (SSSR count). The first-order chi connectivity index (χ1) is 8.45. The normalized spacial score (nSPS) is 31.8. The molecule has 0 saturated carbocycles. The molecule has 0 aromatic carbocycles. The van der Waals surface area contributed by atoms with Gasteiger partial charge in [-0.3, -0.25) is 4.79 Å². The van der Waals surface area contributed by atoms with Crippen LogP contribution in [0.3, 0.4) is 0 Å². The third kappa shape index (κ3) is 1.99. The smallest absolute Gasteiger partial charge is 0.270 e. The molecule has 0 unspecified atom stereocenters. The van der Waals surface area contributed by atoms with Crippen molar-refractivity contribution >= 4 is 5.82 Å². The molecule has 0 radical (unpaired) electrons. The fourth-order valence-corrected chi connectivity index (χ4v) is 1.91. The van der Waals surface area contributed by atoms with Crippen LogP contribution in [0.15, 0.2) is 4.79 Å². The van der Waals surface area contributed by atoms with Crippen LogP contribution in [-0.2, 0) is 4.74 Å². The molecule has 0 bridgehead atoms. The summed E-state index contributed by atoms with van der Waals surface area (Å²) < 4.78 is 5.28. The molecule has 0 amide bonds. The Hall–Kier alpha value is -1.48. The van der Waals surface area contributed by atoms with Crippen LogP contribution in [0.2, 0.25) is 0 Å². The zero-order valence-corrected chi connectivity index (χ0v) is 9.70. The van der Waals surface area contributed by atoms with Gasteiger partial charge in [-0.2, -0.15) is 0 Å². The molecule has 1 fully saturated rings. The van der Waals surface area contributed by atoms with Crippen LogP contribution in [-0.4, -0.2) is 50.2 Å². The molecule has 1 aliphatic rings. The summed E-state index contributed by atoms with van der Waals surface area (Å²) >= 11 is 0. The van der Waals surface area contributed by atoms with E-state index in [2.05, 4.69) is 9.97 Å². The van der Waals surface area contributed by atoms with Crippen molar-refractivity contribution in [3.8, 4) is 0 Å². The van der Waals surface area contributed by atoms with E-state index in [4.69, 9.17) is 15.6 Å². The fraction of sp³-hybridized carbons (Fsp3) is 0.600. The highest BCUT2D eigenvalue weighted by molar-refractivity contribution is 5.37. The first-order valence-electron chi connectivity index (χ1n) is 5.44. The molecule has 18 heavy (non-hydrogen) atoms. The Kier molecular flexibility index (Phi) is 3.35. The lowest BCUT2D eigenvalue weighted by atomic mass is 10.1. The number of aromatic nitrogens is 2. The molecular formula is C10H15N3O5.